The van der Waals surface area contributed by atoms with Crippen LogP contribution in [0.2, 0.25) is 0 Å². The number of carboxylic acid groups (broad SMARTS) is 1. The molecule has 2 atom stereocenters. The lowest BCUT2D eigenvalue weighted by Crippen LogP contribution is -2.37. The molecule has 0 spiro atoms. The first-order chi connectivity index (χ1) is 16.4. The minimum atomic E-state index is -0.954. The second-order valence-corrected chi connectivity index (χ2v) is 10.0. The summed E-state index contributed by atoms with van der Waals surface area (Å²) in [6.45, 7) is 30.6. The van der Waals surface area contributed by atoms with E-state index in [0.717, 1.165) is 12.8 Å². The Bertz CT molecular complexity index is 460. The molecule has 0 fully saturated rings. The molecule has 0 aliphatic carbocycles. The molecule has 0 saturated carbocycles. The quantitative estimate of drug-likeness (QED) is 0.219. The van der Waals surface area contributed by atoms with Crippen LogP contribution in [-0.2, 0) is 19.1 Å². The van der Waals surface area contributed by atoms with Crippen LogP contribution >= 0.6 is 0 Å². The molecule has 0 rings (SSSR count). The van der Waals surface area contributed by atoms with Crippen molar-refractivity contribution >= 4 is 11.9 Å². The van der Waals surface area contributed by atoms with E-state index in [-0.39, 0.29) is 24.2 Å². The number of carbonyl (C=O) groups is 2. The standard InChI is InChI=1S/C23H45NO5.3C2H6/c1-18(2)14-19(3)16-28-12-10-24(21(25)8-9-22(26)27)11-13-29-17-20(4)15-23(5,6)7;3*1-2/h18-20H,8-17H2,1-7H3,(H,26,27);3*1-2H3. The van der Waals surface area contributed by atoms with E-state index in [1.54, 1.807) is 4.90 Å². The van der Waals surface area contributed by atoms with Crippen LogP contribution in [0.15, 0.2) is 0 Å². The fourth-order valence-corrected chi connectivity index (χ4v) is 3.63. The average molecular weight is 506 g/mol. The van der Waals surface area contributed by atoms with Crippen LogP contribution < -0.4 is 0 Å². The van der Waals surface area contributed by atoms with E-state index in [0.29, 0.717) is 57.3 Å². The van der Waals surface area contributed by atoms with Crippen molar-refractivity contribution in [1.82, 2.24) is 4.90 Å². The second-order valence-electron chi connectivity index (χ2n) is 10.0. The van der Waals surface area contributed by atoms with Gasteiger partial charge in [-0.15, -0.1) is 0 Å². The van der Waals surface area contributed by atoms with E-state index in [9.17, 15) is 9.59 Å². The molecule has 0 aromatic heterocycles. The Kier molecular flexibility index (Phi) is 32.2. The number of carbonyl (C=O) groups excluding carboxylic acids is 1. The summed E-state index contributed by atoms with van der Waals surface area (Å²) in [5, 5.41) is 8.84. The third kappa shape index (κ3) is 32.9. The molecular weight excluding hydrogens is 442 g/mol. The SMILES string of the molecule is CC.CC.CC.CC(C)CC(C)COCCN(CCOCC(C)CC(C)(C)C)C(=O)CCC(=O)O. The van der Waals surface area contributed by atoms with Crippen LogP contribution in [0.4, 0.5) is 0 Å². The first kappa shape index (κ1) is 41.0. The number of aliphatic carboxylic acids is 1. The summed E-state index contributed by atoms with van der Waals surface area (Å²) in [6.07, 6.45) is 2.06. The summed E-state index contributed by atoms with van der Waals surface area (Å²) in [7, 11) is 0. The first-order valence-corrected chi connectivity index (χ1v) is 14.1. The summed E-state index contributed by atoms with van der Waals surface area (Å²) >= 11 is 0. The van der Waals surface area contributed by atoms with Gasteiger partial charge in [-0.1, -0.05) is 90.0 Å². The van der Waals surface area contributed by atoms with Crippen LogP contribution in [0.1, 0.15) is 116 Å². The molecule has 0 bridgehead atoms. The molecule has 0 saturated heterocycles. The maximum absolute atomic E-state index is 12.4. The Morgan fingerprint density at radius 3 is 1.57 bits per heavy atom. The zero-order valence-electron chi connectivity index (χ0n) is 25.8. The maximum Gasteiger partial charge on any atom is 0.303 e. The highest BCUT2D eigenvalue weighted by atomic mass is 16.5. The van der Waals surface area contributed by atoms with E-state index in [1.165, 1.54) is 0 Å². The van der Waals surface area contributed by atoms with Crippen molar-refractivity contribution in [2.45, 2.75) is 116 Å². The number of ether oxygens (including phenoxy) is 2. The number of amides is 1. The lowest BCUT2D eigenvalue weighted by Gasteiger charge is -2.25. The Labute approximate surface area is 219 Å². The van der Waals surface area contributed by atoms with Gasteiger partial charge in [0, 0.05) is 32.7 Å². The highest BCUT2D eigenvalue weighted by Gasteiger charge is 2.17. The van der Waals surface area contributed by atoms with E-state index in [1.807, 2.05) is 41.5 Å². The fraction of sp³-hybridized carbons (Fsp3) is 0.931. The molecule has 0 radical (unpaired) electrons. The molecule has 0 aromatic rings. The van der Waals surface area contributed by atoms with Crippen molar-refractivity contribution in [3.63, 3.8) is 0 Å². The van der Waals surface area contributed by atoms with Gasteiger partial charge in [-0.2, -0.15) is 0 Å². The fourth-order valence-electron chi connectivity index (χ4n) is 3.63. The van der Waals surface area contributed by atoms with Crippen LogP contribution in [0, 0.1) is 23.2 Å². The lowest BCUT2D eigenvalue weighted by molar-refractivity contribution is -0.141. The molecule has 2 unspecified atom stereocenters. The van der Waals surface area contributed by atoms with Gasteiger partial charge in [0.2, 0.25) is 5.91 Å². The van der Waals surface area contributed by atoms with Crippen LogP contribution in [0.25, 0.3) is 0 Å². The number of hydrogen-bond acceptors (Lipinski definition) is 4. The lowest BCUT2D eigenvalue weighted by atomic mass is 9.86. The average Bonchev–Trinajstić information content (AvgIpc) is 2.78. The van der Waals surface area contributed by atoms with Crippen LogP contribution in [-0.4, -0.2) is 61.4 Å². The zero-order chi connectivity index (χ0) is 28.4. The van der Waals surface area contributed by atoms with Crippen molar-refractivity contribution in [1.29, 1.82) is 0 Å². The highest BCUT2D eigenvalue weighted by molar-refractivity contribution is 5.80. The topological polar surface area (TPSA) is 76.1 Å². The Hall–Kier alpha value is -1.14. The Balaban J connectivity index is -0.000000737. The van der Waals surface area contributed by atoms with Crippen molar-refractivity contribution < 1.29 is 24.2 Å². The van der Waals surface area contributed by atoms with Gasteiger partial charge in [0.05, 0.1) is 19.6 Å². The molecule has 0 aliphatic rings. The number of hydrogen-bond donors (Lipinski definition) is 1. The molecule has 6 nitrogen and oxygen atoms in total. The normalized spacial score (nSPS) is 12.2. The first-order valence-electron chi connectivity index (χ1n) is 14.1. The van der Waals surface area contributed by atoms with E-state index in [2.05, 4.69) is 48.5 Å². The highest BCUT2D eigenvalue weighted by Crippen LogP contribution is 2.24. The van der Waals surface area contributed by atoms with E-state index >= 15 is 0 Å². The minimum absolute atomic E-state index is 0.0134. The van der Waals surface area contributed by atoms with Gasteiger partial charge in [0.25, 0.3) is 0 Å². The molecule has 0 aliphatic heterocycles. The van der Waals surface area contributed by atoms with Gasteiger partial charge in [0.15, 0.2) is 0 Å². The number of rotatable bonds is 16. The van der Waals surface area contributed by atoms with Gasteiger partial charge in [-0.25, -0.2) is 0 Å². The van der Waals surface area contributed by atoms with Crippen molar-refractivity contribution in [3.05, 3.63) is 0 Å². The van der Waals surface area contributed by atoms with Crippen molar-refractivity contribution in [2.24, 2.45) is 23.2 Å². The van der Waals surface area contributed by atoms with Crippen LogP contribution in [0.5, 0.6) is 0 Å². The molecule has 214 valence electrons. The molecule has 1 amide bonds. The van der Waals surface area contributed by atoms with Crippen molar-refractivity contribution in [2.75, 3.05) is 39.5 Å². The summed E-state index contributed by atoms with van der Waals surface area (Å²) in [5.74, 6) is 0.471. The van der Waals surface area contributed by atoms with Crippen molar-refractivity contribution in [3.8, 4) is 0 Å². The third-order valence-corrected chi connectivity index (χ3v) is 4.56. The van der Waals surface area contributed by atoms with Gasteiger partial charge >= 0.3 is 5.97 Å². The van der Waals surface area contributed by atoms with E-state index in [4.69, 9.17) is 14.6 Å². The predicted molar refractivity (Wildman–Crippen MR) is 151 cm³/mol. The van der Waals surface area contributed by atoms with Gasteiger partial charge in [-0.05, 0) is 36.0 Å². The number of nitrogens with zero attached hydrogens (tertiary/aromatic N) is 1. The molecule has 0 heterocycles. The minimum Gasteiger partial charge on any atom is -0.481 e. The summed E-state index contributed by atoms with van der Waals surface area (Å²) in [5.41, 5.74) is 0.269. The Morgan fingerprint density at radius 2 is 1.20 bits per heavy atom. The number of carboxylic acids is 1. The van der Waals surface area contributed by atoms with Gasteiger partial charge in [0.1, 0.15) is 0 Å². The maximum atomic E-state index is 12.4. The predicted octanol–water partition coefficient (Wildman–Crippen LogP) is 7.55. The molecular formula is C29H63NO5. The summed E-state index contributed by atoms with van der Waals surface area (Å²) < 4.78 is 11.5. The van der Waals surface area contributed by atoms with E-state index < -0.39 is 5.97 Å². The van der Waals surface area contributed by atoms with Gasteiger partial charge in [-0.3, -0.25) is 9.59 Å². The summed E-state index contributed by atoms with van der Waals surface area (Å²) in [4.78, 5) is 24.8. The zero-order valence-corrected chi connectivity index (χ0v) is 25.8. The van der Waals surface area contributed by atoms with Gasteiger partial charge < -0.3 is 19.5 Å². The monoisotopic (exact) mass is 505 g/mol. The Morgan fingerprint density at radius 1 is 0.771 bits per heavy atom. The molecule has 6 heteroatoms. The third-order valence-electron chi connectivity index (χ3n) is 4.56. The molecule has 35 heavy (non-hydrogen) atoms. The molecule has 0 aromatic carbocycles. The second kappa shape index (κ2) is 27.4. The largest absolute Gasteiger partial charge is 0.481 e. The summed E-state index contributed by atoms with van der Waals surface area (Å²) in [6, 6.07) is 0. The molecule has 1 N–H and O–H groups in total. The smallest absolute Gasteiger partial charge is 0.303 e. The van der Waals surface area contributed by atoms with Crippen LogP contribution in [0.3, 0.4) is 0 Å².